The summed E-state index contributed by atoms with van der Waals surface area (Å²) in [6.07, 6.45) is 1.45. The molecule has 0 saturated carbocycles. The molecule has 0 saturated heterocycles. The summed E-state index contributed by atoms with van der Waals surface area (Å²) < 4.78 is 27.6. The van der Waals surface area contributed by atoms with Crippen molar-refractivity contribution in [2.75, 3.05) is 16.2 Å². The summed E-state index contributed by atoms with van der Waals surface area (Å²) >= 11 is 0. The van der Waals surface area contributed by atoms with Gasteiger partial charge in [-0.1, -0.05) is 36.4 Å². The van der Waals surface area contributed by atoms with Crippen LogP contribution in [0.15, 0.2) is 83.8 Å². The molecular formula is C22H20N2O3S. The fraction of sp³-hybridized carbons (Fsp3) is 0.136. The molecule has 0 spiro atoms. The van der Waals surface area contributed by atoms with Crippen molar-refractivity contribution in [2.45, 2.75) is 17.7 Å². The number of aryl methyl sites for hydroxylation is 1. The Morgan fingerprint density at radius 3 is 2.29 bits per heavy atom. The second-order valence-corrected chi connectivity index (χ2v) is 8.52. The van der Waals surface area contributed by atoms with Gasteiger partial charge >= 0.3 is 0 Å². The quantitative estimate of drug-likeness (QED) is 0.727. The van der Waals surface area contributed by atoms with E-state index in [1.165, 1.54) is 4.31 Å². The number of benzene rings is 3. The average molecular weight is 392 g/mol. The highest BCUT2D eigenvalue weighted by molar-refractivity contribution is 7.92. The van der Waals surface area contributed by atoms with E-state index < -0.39 is 10.0 Å². The van der Waals surface area contributed by atoms with Crippen molar-refractivity contribution in [1.82, 2.24) is 0 Å². The summed E-state index contributed by atoms with van der Waals surface area (Å²) in [6.45, 7) is 0.430. The molecule has 1 N–H and O–H groups in total. The van der Waals surface area contributed by atoms with Gasteiger partial charge in [-0.25, -0.2) is 8.42 Å². The monoisotopic (exact) mass is 392 g/mol. The first-order valence-corrected chi connectivity index (χ1v) is 10.6. The van der Waals surface area contributed by atoms with Gasteiger partial charge in [0.1, 0.15) is 0 Å². The van der Waals surface area contributed by atoms with Gasteiger partial charge in [0.05, 0.1) is 10.6 Å². The Kier molecular flexibility index (Phi) is 4.88. The van der Waals surface area contributed by atoms with E-state index in [2.05, 4.69) is 5.32 Å². The Labute approximate surface area is 164 Å². The minimum absolute atomic E-state index is 0.211. The number of para-hydroxylation sites is 1. The zero-order valence-electron chi connectivity index (χ0n) is 15.2. The van der Waals surface area contributed by atoms with Gasteiger partial charge in [0.15, 0.2) is 0 Å². The second kappa shape index (κ2) is 7.48. The molecule has 142 valence electrons. The first-order chi connectivity index (χ1) is 13.6. The third-order valence-corrected chi connectivity index (χ3v) is 6.61. The number of anilines is 2. The SMILES string of the molecule is O=C(Nc1ccccc1)c1ccc2c(c1)CCCN2S(=O)(=O)c1ccccc1. The van der Waals surface area contributed by atoms with E-state index in [9.17, 15) is 13.2 Å². The van der Waals surface area contributed by atoms with Crippen LogP contribution < -0.4 is 9.62 Å². The van der Waals surface area contributed by atoms with E-state index in [-0.39, 0.29) is 10.8 Å². The van der Waals surface area contributed by atoms with E-state index in [4.69, 9.17) is 0 Å². The highest BCUT2D eigenvalue weighted by Gasteiger charge is 2.29. The van der Waals surface area contributed by atoms with Crippen molar-refractivity contribution in [3.05, 3.63) is 90.0 Å². The van der Waals surface area contributed by atoms with Gasteiger partial charge in [0.2, 0.25) is 0 Å². The van der Waals surface area contributed by atoms with E-state index >= 15 is 0 Å². The van der Waals surface area contributed by atoms with Crippen LogP contribution in [-0.4, -0.2) is 20.9 Å². The van der Waals surface area contributed by atoms with Crippen LogP contribution in [0.3, 0.4) is 0 Å². The zero-order valence-corrected chi connectivity index (χ0v) is 16.0. The number of amides is 1. The highest BCUT2D eigenvalue weighted by atomic mass is 32.2. The molecule has 5 nitrogen and oxygen atoms in total. The minimum Gasteiger partial charge on any atom is -0.322 e. The molecule has 0 radical (unpaired) electrons. The van der Waals surface area contributed by atoms with Gasteiger partial charge < -0.3 is 5.32 Å². The second-order valence-electron chi connectivity index (χ2n) is 6.66. The van der Waals surface area contributed by atoms with E-state index in [0.29, 0.717) is 24.2 Å². The topological polar surface area (TPSA) is 66.5 Å². The predicted molar refractivity (Wildman–Crippen MR) is 110 cm³/mol. The first-order valence-electron chi connectivity index (χ1n) is 9.13. The molecular weight excluding hydrogens is 372 g/mol. The largest absolute Gasteiger partial charge is 0.322 e. The van der Waals surface area contributed by atoms with Crippen molar-refractivity contribution in [2.24, 2.45) is 0 Å². The number of carbonyl (C=O) groups is 1. The summed E-state index contributed by atoms with van der Waals surface area (Å²) in [5.41, 5.74) is 2.75. The third-order valence-electron chi connectivity index (χ3n) is 4.78. The first kappa shape index (κ1) is 18.3. The Morgan fingerprint density at radius 2 is 1.57 bits per heavy atom. The minimum atomic E-state index is -3.62. The fourth-order valence-corrected chi connectivity index (χ4v) is 4.96. The van der Waals surface area contributed by atoms with Crippen LogP contribution in [0.4, 0.5) is 11.4 Å². The lowest BCUT2D eigenvalue weighted by molar-refractivity contribution is 0.102. The molecule has 1 aliphatic heterocycles. The Morgan fingerprint density at radius 1 is 0.893 bits per heavy atom. The summed E-state index contributed by atoms with van der Waals surface area (Å²) in [7, 11) is -3.62. The molecule has 0 fully saturated rings. The number of sulfonamides is 1. The third kappa shape index (κ3) is 3.51. The lowest BCUT2D eigenvalue weighted by atomic mass is 10.0. The molecule has 0 bridgehead atoms. The Bertz CT molecular complexity index is 1100. The highest BCUT2D eigenvalue weighted by Crippen LogP contribution is 2.32. The molecule has 3 aromatic carbocycles. The number of rotatable bonds is 4. The molecule has 0 aromatic heterocycles. The number of carbonyl (C=O) groups excluding carboxylic acids is 1. The summed E-state index contributed by atoms with van der Waals surface area (Å²) in [5.74, 6) is -0.211. The normalized spacial score (nSPS) is 13.6. The van der Waals surface area contributed by atoms with Crippen molar-refractivity contribution >= 4 is 27.3 Å². The summed E-state index contributed by atoms with van der Waals surface area (Å²) in [5, 5.41) is 2.86. The van der Waals surface area contributed by atoms with Crippen LogP contribution in [0.2, 0.25) is 0 Å². The van der Waals surface area contributed by atoms with Crippen LogP contribution in [-0.2, 0) is 16.4 Å². The van der Waals surface area contributed by atoms with Gasteiger partial charge in [0, 0.05) is 17.8 Å². The van der Waals surface area contributed by atoms with E-state index in [0.717, 1.165) is 17.7 Å². The molecule has 4 rings (SSSR count). The van der Waals surface area contributed by atoms with Gasteiger partial charge in [-0.15, -0.1) is 0 Å². The summed E-state index contributed by atoms with van der Waals surface area (Å²) in [6, 6.07) is 22.9. The molecule has 28 heavy (non-hydrogen) atoms. The molecule has 6 heteroatoms. The Balaban J connectivity index is 1.64. The number of hydrogen-bond acceptors (Lipinski definition) is 3. The zero-order chi connectivity index (χ0) is 19.6. The molecule has 1 heterocycles. The standard InChI is InChI=1S/C22H20N2O3S/c25-22(23-19-9-3-1-4-10-19)18-13-14-21-17(16-18)8-7-15-24(21)28(26,27)20-11-5-2-6-12-20/h1-6,9-14,16H,7-8,15H2,(H,23,25). The fourth-order valence-electron chi connectivity index (χ4n) is 3.40. The molecule has 0 unspecified atom stereocenters. The smallest absolute Gasteiger partial charge is 0.264 e. The molecule has 1 aliphatic rings. The lowest BCUT2D eigenvalue weighted by Crippen LogP contribution is -2.35. The molecule has 3 aromatic rings. The van der Waals surface area contributed by atoms with Crippen LogP contribution >= 0.6 is 0 Å². The van der Waals surface area contributed by atoms with Crippen molar-refractivity contribution in [3.8, 4) is 0 Å². The molecule has 0 atom stereocenters. The van der Waals surface area contributed by atoms with Gasteiger partial charge in [-0.2, -0.15) is 0 Å². The Hall–Kier alpha value is -3.12. The van der Waals surface area contributed by atoms with Crippen molar-refractivity contribution in [3.63, 3.8) is 0 Å². The number of nitrogens with one attached hydrogen (secondary N) is 1. The van der Waals surface area contributed by atoms with Gasteiger partial charge in [0.25, 0.3) is 15.9 Å². The van der Waals surface area contributed by atoms with E-state index in [1.54, 1.807) is 48.5 Å². The predicted octanol–water partition coefficient (Wildman–Crippen LogP) is 4.08. The maximum absolute atomic E-state index is 13.1. The van der Waals surface area contributed by atoms with Gasteiger partial charge in [-0.3, -0.25) is 9.10 Å². The van der Waals surface area contributed by atoms with E-state index in [1.807, 2.05) is 30.3 Å². The van der Waals surface area contributed by atoms with Crippen molar-refractivity contribution < 1.29 is 13.2 Å². The number of fused-ring (bicyclic) bond motifs is 1. The lowest BCUT2D eigenvalue weighted by Gasteiger charge is -2.30. The summed E-state index contributed by atoms with van der Waals surface area (Å²) in [4.78, 5) is 12.8. The van der Waals surface area contributed by atoms with Crippen molar-refractivity contribution in [1.29, 1.82) is 0 Å². The number of nitrogens with zero attached hydrogens (tertiary/aromatic N) is 1. The van der Waals surface area contributed by atoms with Crippen LogP contribution in [0.25, 0.3) is 0 Å². The number of hydrogen-bond donors (Lipinski definition) is 1. The van der Waals surface area contributed by atoms with Crippen LogP contribution in [0, 0.1) is 0 Å². The maximum atomic E-state index is 13.1. The molecule has 0 aliphatic carbocycles. The maximum Gasteiger partial charge on any atom is 0.264 e. The van der Waals surface area contributed by atoms with Crippen LogP contribution in [0.5, 0.6) is 0 Å². The van der Waals surface area contributed by atoms with Gasteiger partial charge in [-0.05, 0) is 60.9 Å². The molecule has 1 amide bonds. The van der Waals surface area contributed by atoms with Crippen LogP contribution in [0.1, 0.15) is 22.3 Å². The average Bonchev–Trinajstić information content (AvgIpc) is 2.74.